The summed E-state index contributed by atoms with van der Waals surface area (Å²) in [6.07, 6.45) is 0.834. The molecule has 21 heavy (non-hydrogen) atoms. The number of halogens is 1. The van der Waals surface area contributed by atoms with Gasteiger partial charge in [-0.05, 0) is 37.6 Å². The first-order valence-electron chi connectivity index (χ1n) is 7.44. The van der Waals surface area contributed by atoms with Gasteiger partial charge < -0.3 is 14.8 Å². The van der Waals surface area contributed by atoms with E-state index in [4.69, 9.17) is 21.1 Å². The lowest BCUT2D eigenvalue weighted by atomic mass is 10.2. The van der Waals surface area contributed by atoms with E-state index in [1.807, 2.05) is 26.0 Å². The molecular weight excluding hydrogens is 290 g/mol. The van der Waals surface area contributed by atoms with Crippen LogP contribution in [0.4, 0.5) is 0 Å². The molecule has 1 aromatic rings. The molecule has 4 nitrogen and oxygen atoms in total. The monoisotopic (exact) mass is 313 g/mol. The Balaban J connectivity index is 2.76. The van der Waals surface area contributed by atoms with Gasteiger partial charge in [-0.25, -0.2) is 4.79 Å². The fraction of sp³-hybridized carbons (Fsp3) is 0.562. The van der Waals surface area contributed by atoms with Crippen LogP contribution in [0.1, 0.15) is 39.2 Å². The standard InChI is InChI=1S/C16H24ClNO3/c1-4-7-15(16(19)20-6-3)21-14-9-8-12(10-13(14)17)11-18-5-2/h8-10,15,18H,4-7,11H2,1-3H3. The molecule has 1 rings (SSSR count). The first-order valence-corrected chi connectivity index (χ1v) is 7.82. The molecular formula is C16H24ClNO3. The molecule has 0 heterocycles. The molecule has 1 unspecified atom stereocenters. The number of carbonyl (C=O) groups is 1. The van der Waals surface area contributed by atoms with E-state index in [1.165, 1.54) is 0 Å². The summed E-state index contributed by atoms with van der Waals surface area (Å²) < 4.78 is 10.8. The Hall–Kier alpha value is -1.26. The van der Waals surface area contributed by atoms with Crippen LogP contribution in [0.5, 0.6) is 5.75 Å². The average molecular weight is 314 g/mol. The van der Waals surface area contributed by atoms with Gasteiger partial charge in [0, 0.05) is 6.54 Å². The van der Waals surface area contributed by atoms with Crippen LogP contribution in [0.3, 0.4) is 0 Å². The Morgan fingerprint density at radius 1 is 1.33 bits per heavy atom. The lowest BCUT2D eigenvalue weighted by molar-refractivity contribution is -0.151. The Labute approximate surface area is 131 Å². The average Bonchev–Trinajstić information content (AvgIpc) is 2.47. The summed E-state index contributed by atoms with van der Waals surface area (Å²) in [7, 11) is 0. The third-order valence-electron chi connectivity index (χ3n) is 2.94. The first-order chi connectivity index (χ1) is 10.1. The largest absolute Gasteiger partial charge is 0.477 e. The van der Waals surface area contributed by atoms with E-state index in [1.54, 1.807) is 13.0 Å². The number of hydrogen-bond donors (Lipinski definition) is 1. The molecule has 0 aliphatic heterocycles. The molecule has 0 aromatic heterocycles. The lowest BCUT2D eigenvalue weighted by Crippen LogP contribution is -2.29. The number of nitrogens with one attached hydrogen (secondary N) is 1. The Morgan fingerprint density at radius 2 is 2.10 bits per heavy atom. The van der Waals surface area contributed by atoms with Gasteiger partial charge in [0.25, 0.3) is 0 Å². The van der Waals surface area contributed by atoms with Gasteiger partial charge in [0.1, 0.15) is 5.75 Å². The molecule has 5 heteroatoms. The highest BCUT2D eigenvalue weighted by Crippen LogP contribution is 2.27. The van der Waals surface area contributed by atoms with Crippen LogP contribution >= 0.6 is 11.6 Å². The first kappa shape index (κ1) is 17.8. The van der Waals surface area contributed by atoms with Crippen molar-refractivity contribution in [2.45, 2.75) is 46.3 Å². The van der Waals surface area contributed by atoms with E-state index < -0.39 is 6.10 Å². The number of benzene rings is 1. The van der Waals surface area contributed by atoms with Crippen LogP contribution in [0.15, 0.2) is 18.2 Å². The van der Waals surface area contributed by atoms with Gasteiger partial charge in [0.15, 0.2) is 6.10 Å². The van der Waals surface area contributed by atoms with E-state index in [0.29, 0.717) is 23.8 Å². The molecule has 1 N–H and O–H groups in total. The molecule has 0 amide bonds. The van der Waals surface area contributed by atoms with E-state index in [2.05, 4.69) is 5.32 Å². The van der Waals surface area contributed by atoms with Gasteiger partial charge in [-0.15, -0.1) is 0 Å². The highest BCUT2D eigenvalue weighted by atomic mass is 35.5. The lowest BCUT2D eigenvalue weighted by Gasteiger charge is -2.18. The van der Waals surface area contributed by atoms with Crippen molar-refractivity contribution in [2.75, 3.05) is 13.2 Å². The second kappa shape index (κ2) is 9.64. The van der Waals surface area contributed by atoms with Gasteiger partial charge in [0.05, 0.1) is 11.6 Å². The molecule has 0 spiro atoms. The van der Waals surface area contributed by atoms with Gasteiger partial charge in [-0.2, -0.15) is 0 Å². The normalized spacial score (nSPS) is 12.0. The molecule has 0 fully saturated rings. The molecule has 0 radical (unpaired) electrons. The SMILES string of the molecule is CCCC(Oc1ccc(CNCC)cc1Cl)C(=O)OCC. The van der Waals surface area contributed by atoms with Gasteiger partial charge in [-0.3, -0.25) is 0 Å². The van der Waals surface area contributed by atoms with Crippen molar-refractivity contribution in [3.05, 3.63) is 28.8 Å². The summed E-state index contributed by atoms with van der Waals surface area (Å²) in [4.78, 5) is 11.9. The van der Waals surface area contributed by atoms with E-state index in [-0.39, 0.29) is 5.97 Å². The number of carbonyl (C=O) groups excluding carboxylic acids is 1. The zero-order valence-electron chi connectivity index (χ0n) is 12.9. The predicted molar refractivity (Wildman–Crippen MR) is 84.8 cm³/mol. The second-order valence-corrected chi connectivity index (χ2v) is 5.10. The van der Waals surface area contributed by atoms with Crippen molar-refractivity contribution in [3.8, 4) is 5.75 Å². The summed E-state index contributed by atoms with van der Waals surface area (Å²) in [5, 5.41) is 3.74. The molecule has 0 bridgehead atoms. The van der Waals surface area contributed by atoms with Crippen LogP contribution in [0.2, 0.25) is 5.02 Å². The van der Waals surface area contributed by atoms with Crippen molar-refractivity contribution < 1.29 is 14.3 Å². The molecule has 0 saturated heterocycles. The molecule has 0 aliphatic carbocycles. The van der Waals surface area contributed by atoms with Crippen molar-refractivity contribution in [2.24, 2.45) is 0 Å². The third-order valence-corrected chi connectivity index (χ3v) is 3.24. The van der Waals surface area contributed by atoms with Crippen LogP contribution < -0.4 is 10.1 Å². The predicted octanol–water partition coefficient (Wildman–Crippen LogP) is 3.56. The topological polar surface area (TPSA) is 47.6 Å². The second-order valence-electron chi connectivity index (χ2n) is 4.69. The van der Waals surface area contributed by atoms with Crippen LogP contribution in [0.25, 0.3) is 0 Å². The Kier molecular flexibility index (Phi) is 8.16. The molecule has 118 valence electrons. The maximum absolute atomic E-state index is 11.9. The minimum atomic E-state index is -0.605. The van der Waals surface area contributed by atoms with Gasteiger partial charge in [-0.1, -0.05) is 37.9 Å². The Morgan fingerprint density at radius 3 is 2.67 bits per heavy atom. The molecule has 1 aromatic carbocycles. The molecule has 0 saturated carbocycles. The fourth-order valence-electron chi connectivity index (χ4n) is 1.89. The minimum Gasteiger partial charge on any atom is -0.477 e. The zero-order chi connectivity index (χ0) is 15.7. The van der Waals surface area contributed by atoms with E-state index >= 15 is 0 Å². The zero-order valence-corrected chi connectivity index (χ0v) is 13.7. The third kappa shape index (κ3) is 5.94. The van der Waals surface area contributed by atoms with Gasteiger partial charge in [0.2, 0.25) is 0 Å². The number of esters is 1. The van der Waals surface area contributed by atoms with Crippen LogP contribution in [-0.4, -0.2) is 25.2 Å². The van der Waals surface area contributed by atoms with E-state index in [9.17, 15) is 4.79 Å². The van der Waals surface area contributed by atoms with Crippen molar-refractivity contribution in [3.63, 3.8) is 0 Å². The van der Waals surface area contributed by atoms with Crippen LogP contribution in [0, 0.1) is 0 Å². The number of hydrogen-bond acceptors (Lipinski definition) is 4. The maximum atomic E-state index is 11.9. The molecule has 1 atom stereocenters. The minimum absolute atomic E-state index is 0.341. The summed E-state index contributed by atoms with van der Waals surface area (Å²) in [5.41, 5.74) is 1.08. The van der Waals surface area contributed by atoms with Crippen molar-refractivity contribution in [1.82, 2.24) is 5.32 Å². The number of ether oxygens (including phenoxy) is 2. The highest BCUT2D eigenvalue weighted by molar-refractivity contribution is 6.32. The van der Waals surface area contributed by atoms with E-state index in [0.717, 1.165) is 25.1 Å². The van der Waals surface area contributed by atoms with Crippen molar-refractivity contribution >= 4 is 17.6 Å². The summed E-state index contributed by atoms with van der Waals surface area (Å²) in [5.74, 6) is 0.176. The Bertz CT molecular complexity index is 451. The van der Waals surface area contributed by atoms with Crippen molar-refractivity contribution in [1.29, 1.82) is 0 Å². The molecule has 0 aliphatic rings. The number of rotatable bonds is 9. The van der Waals surface area contributed by atoms with Gasteiger partial charge >= 0.3 is 5.97 Å². The summed E-state index contributed by atoms with van der Waals surface area (Å²) in [6.45, 7) is 7.83. The summed E-state index contributed by atoms with van der Waals surface area (Å²) in [6, 6.07) is 5.60. The smallest absolute Gasteiger partial charge is 0.347 e. The quantitative estimate of drug-likeness (QED) is 0.708. The highest BCUT2D eigenvalue weighted by Gasteiger charge is 2.21. The maximum Gasteiger partial charge on any atom is 0.347 e. The van der Waals surface area contributed by atoms with Crippen LogP contribution in [-0.2, 0) is 16.1 Å². The summed E-state index contributed by atoms with van der Waals surface area (Å²) >= 11 is 6.23. The fourth-order valence-corrected chi connectivity index (χ4v) is 2.14.